The Morgan fingerprint density at radius 2 is 2.19 bits per heavy atom. The molecule has 0 aromatic carbocycles. The van der Waals surface area contributed by atoms with Gasteiger partial charge in [-0.25, -0.2) is 4.98 Å². The molecule has 3 unspecified atom stereocenters. The molecule has 0 saturated heterocycles. The van der Waals surface area contributed by atoms with Crippen molar-refractivity contribution in [3.63, 3.8) is 0 Å². The number of ether oxygens (including phenoxy) is 1. The lowest BCUT2D eigenvalue weighted by atomic mass is 9.80. The summed E-state index contributed by atoms with van der Waals surface area (Å²) in [6.45, 7) is 6.99. The lowest BCUT2D eigenvalue weighted by molar-refractivity contribution is -0.386. The zero-order valence-corrected chi connectivity index (χ0v) is 12.7. The van der Waals surface area contributed by atoms with E-state index >= 15 is 0 Å². The fourth-order valence-electron chi connectivity index (χ4n) is 2.58. The summed E-state index contributed by atoms with van der Waals surface area (Å²) in [6.07, 6.45) is 4.07. The zero-order chi connectivity index (χ0) is 15.4. The minimum atomic E-state index is -0.500. The van der Waals surface area contributed by atoms with Crippen LogP contribution >= 0.6 is 0 Å². The molecule has 1 N–H and O–H groups in total. The summed E-state index contributed by atoms with van der Waals surface area (Å²) in [6, 6.07) is 0. The van der Waals surface area contributed by atoms with Crippen LogP contribution < -0.4 is 10.1 Å². The quantitative estimate of drug-likeness (QED) is 0.663. The molecule has 7 nitrogen and oxygen atoms in total. The number of nitrogens with one attached hydrogen (secondary N) is 1. The van der Waals surface area contributed by atoms with Crippen LogP contribution in [0.2, 0.25) is 0 Å². The second kappa shape index (κ2) is 6.69. The van der Waals surface area contributed by atoms with Crippen LogP contribution in [0.1, 0.15) is 40.0 Å². The third kappa shape index (κ3) is 3.80. The average Bonchev–Trinajstić information content (AvgIpc) is 2.43. The van der Waals surface area contributed by atoms with Crippen LogP contribution in [0.4, 0.5) is 11.6 Å². The topological polar surface area (TPSA) is 90.2 Å². The van der Waals surface area contributed by atoms with Gasteiger partial charge in [-0.05, 0) is 38.0 Å². The summed E-state index contributed by atoms with van der Waals surface area (Å²) in [7, 11) is 0. The van der Waals surface area contributed by atoms with Crippen molar-refractivity contribution in [1.82, 2.24) is 9.97 Å². The molecule has 21 heavy (non-hydrogen) atoms. The van der Waals surface area contributed by atoms with E-state index in [0.29, 0.717) is 24.3 Å². The second-order valence-corrected chi connectivity index (χ2v) is 5.68. The third-order valence-corrected chi connectivity index (χ3v) is 4.10. The number of aromatic nitrogens is 2. The van der Waals surface area contributed by atoms with Gasteiger partial charge in [0, 0.05) is 6.54 Å². The van der Waals surface area contributed by atoms with Gasteiger partial charge in [0.05, 0.1) is 4.92 Å². The maximum atomic E-state index is 11.1. The summed E-state index contributed by atoms with van der Waals surface area (Å²) in [5, 5.41) is 14.0. The van der Waals surface area contributed by atoms with E-state index in [1.54, 1.807) is 0 Å². The van der Waals surface area contributed by atoms with Gasteiger partial charge in [0.2, 0.25) is 5.95 Å². The highest BCUT2D eigenvalue weighted by Gasteiger charge is 2.29. The van der Waals surface area contributed by atoms with Crippen molar-refractivity contribution >= 4 is 11.6 Å². The monoisotopic (exact) mass is 294 g/mol. The maximum Gasteiger partial charge on any atom is 0.349 e. The zero-order valence-electron chi connectivity index (χ0n) is 12.7. The Morgan fingerprint density at radius 1 is 1.43 bits per heavy atom. The highest BCUT2D eigenvalue weighted by atomic mass is 16.6. The molecule has 1 heterocycles. The Kier molecular flexibility index (Phi) is 4.93. The van der Waals surface area contributed by atoms with E-state index in [1.165, 1.54) is 6.20 Å². The van der Waals surface area contributed by atoms with Gasteiger partial charge >= 0.3 is 5.69 Å². The van der Waals surface area contributed by atoms with E-state index < -0.39 is 4.92 Å². The first-order valence-electron chi connectivity index (χ1n) is 7.43. The van der Waals surface area contributed by atoms with Crippen molar-refractivity contribution in [3.8, 4) is 5.88 Å². The fraction of sp³-hybridized carbons (Fsp3) is 0.714. The predicted octanol–water partition coefficient (Wildman–Crippen LogP) is 3.02. The van der Waals surface area contributed by atoms with Crippen molar-refractivity contribution in [2.75, 3.05) is 11.9 Å². The minimum Gasteiger partial charge on any atom is -0.469 e. The van der Waals surface area contributed by atoms with E-state index in [-0.39, 0.29) is 17.7 Å². The third-order valence-electron chi connectivity index (χ3n) is 4.10. The van der Waals surface area contributed by atoms with E-state index in [9.17, 15) is 10.1 Å². The number of hydrogen-bond donors (Lipinski definition) is 1. The Balaban J connectivity index is 2.16. The lowest BCUT2D eigenvalue weighted by Gasteiger charge is -2.31. The first-order chi connectivity index (χ1) is 10.0. The first-order valence-corrected chi connectivity index (χ1v) is 7.43. The van der Waals surface area contributed by atoms with Gasteiger partial charge in [-0.1, -0.05) is 13.8 Å². The summed E-state index contributed by atoms with van der Waals surface area (Å²) >= 11 is 0. The largest absolute Gasteiger partial charge is 0.469 e. The van der Waals surface area contributed by atoms with E-state index in [4.69, 9.17) is 4.74 Å². The Hall–Kier alpha value is -1.92. The van der Waals surface area contributed by atoms with Gasteiger partial charge in [0.25, 0.3) is 5.88 Å². The van der Waals surface area contributed by atoms with Gasteiger partial charge in [0.1, 0.15) is 12.3 Å². The standard InChI is InChI=1S/C14H22N4O3/c1-4-15-14-16-8-12(18(19)20)13(17-14)21-11-6-5-9(2)10(3)7-11/h8-11H,4-7H2,1-3H3,(H,15,16,17). The Labute approximate surface area is 124 Å². The van der Waals surface area contributed by atoms with Crippen LogP contribution in [0.5, 0.6) is 5.88 Å². The summed E-state index contributed by atoms with van der Waals surface area (Å²) in [5.74, 6) is 1.65. The van der Waals surface area contributed by atoms with E-state index in [0.717, 1.165) is 19.3 Å². The molecule has 0 aliphatic heterocycles. The summed E-state index contributed by atoms with van der Waals surface area (Å²) < 4.78 is 5.82. The molecular formula is C14H22N4O3. The van der Waals surface area contributed by atoms with E-state index in [2.05, 4.69) is 29.1 Å². The van der Waals surface area contributed by atoms with Gasteiger partial charge in [-0.15, -0.1) is 0 Å². The molecule has 0 bridgehead atoms. The van der Waals surface area contributed by atoms with Crippen molar-refractivity contribution in [2.45, 2.75) is 46.1 Å². The fourth-order valence-corrected chi connectivity index (χ4v) is 2.58. The predicted molar refractivity (Wildman–Crippen MR) is 79.4 cm³/mol. The van der Waals surface area contributed by atoms with Crippen LogP contribution in [-0.2, 0) is 0 Å². The van der Waals surface area contributed by atoms with Crippen molar-refractivity contribution in [1.29, 1.82) is 0 Å². The lowest BCUT2D eigenvalue weighted by Crippen LogP contribution is -2.29. The van der Waals surface area contributed by atoms with Crippen LogP contribution in [-0.4, -0.2) is 27.5 Å². The highest BCUT2D eigenvalue weighted by Crippen LogP contribution is 2.33. The van der Waals surface area contributed by atoms with Crippen LogP contribution in [0, 0.1) is 22.0 Å². The van der Waals surface area contributed by atoms with Gasteiger partial charge in [0.15, 0.2) is 0 Å². The van der Waals surface area contributed by atoms with Gasteiger partial charge < -0.3 is 10.1 Å². The molecule has 2 rings (SSSR count). The molecule has 0 spiro atoms. The molecule has 1 aliphatic rings. The van der Waals surface area contributed by atoms with Crippen molar-refractivity contribution in [2.24, 2.45) is 11.8 Å². The second-order valence-electron chi connectivity index (χ2n) is 5.68. The number of anilines is 1. The number of hydrogen-bond acceptors (Lipinski definition) is 6. The minimum absolute atomic E-state index is 0.0146. The molecule has 1 aliphatic carbocycles. The molecule has 1 aromatic heterocycles. The number of nitro groups is 1. The van der Waals surface area contributed by atoms with Crippen molar-refractivity contribution in [3.05, 3.63) is 16.3 Å². The molecule has 1 saturated carbocycles. The van der Waals surface area contributed by atoms with Crippen LogP contribution in [0.25, 0.3) is 0 Å². The van der Waals surface area contributed by atoms with Gasteiger partial charge in [-0.2, -0.15) is 4.98 Å². The molecule has 116 valence electrons. The molecule has 0 radical (unpaired) electrons. The summed E-state index contributed by atoms with van der Waals surface area (Å²) in [5.41, 5.74) is -0.178. The highest BCUT2D eigenvalue weighted by molar-refractivity contribution is 5.43. The summed E-state index contributed by atoms with van der Waals surface area (Å²) in [4.78, 5) is 18.6. The molecule has 7 heteroatoms. The van der Waals surface area contributed by atoms with E-state index in [1.807, 2.05) is 6.92 Å². The maximum absolute atomic E-state index is 11.1. The van der Waals surface area contributed by atoms with Crippen LogP contribution in [0.15, 0.2) is 6.20 Å². The molecule has 3 atom stereocenters. The number of rotatable bonds is 5. The van der Waals surface area contributed by atoms with Crippen molar-refractivity contribution < 1.29 is 9.66 Å². The normalized spacial score (nSPS) is 25.4. The van der Waals surface area contributed by atoms with Gasteiger partial charge in [-0.3, -0.25) is 10.1 Å². The molecule has 0 amide bonds. The van der Waals surface area contributed by atoms with Crippen LogP contribution in [0.3, 0.4) is 0 Å². The molecule has 1 aromatic rings. The SMILES string of the molecule is CCNc1ncc([N+](=O)[O-])c(OC2CCC(C)C(C)C2)n1. The Morgan fingerprint density at radius 3 is 2.81 bits per heavy atom. The molecule has 1 fully saturated rings. The average molecular weight is 294 g/mol. The first kappa shape index (κ1) is 15.5. The Bertz CT molecular complexity index is 509. The molecular weight excluding hydrogens is 272 g/mol. The number of nitrogens with zero attached hydrogens (tertiary/aromatic N) is 3. The smallest absolute Gasteiger partial charge is 0.349 e.